The molecule has 1 aliphatic carbocycles. The van der Waals surface area contributed by atoms with Crippen molar-refractivity contribution >= 4 is 34.4 Å². The summed E-state index contributed by atoms with van der Waals surface area (Å²) in [5, 5.41) is 17.7. The molecule has 5 aromatic rings. The number of nitrogens with one attached hydrogen (secondary N) is 1. The van der Waals surface area contributed by atoms with Gasteiger partial charge in [0.05, 0.1) is 40.5 Å². The van der Waals surface area contributed by atoms with E-state index >= 15 is 0 Å². The van der Waals surface area contributed by atoms with Gasteiger partial charge in [-0.15, -0.1) is 0 Å². The van der Waals surface area contributed by atoms with Crippen LogP contribution in [-0.4, -0.2) is 26.8 Å². The van der Waals surface area contributed by atoms with Crippen molar-refractivity contribution in [2.75, 3.05) is 0 Å². The van der Waals surface area contributed by atoms with Crippen LogP contribution >= 0.6 is 11.6 Å². The molecule has 4 aromatic carbocycles. The number of amides is 1. The van der Waals surface area contributed by atoms with Crippen LogP contribution in [0.15, 0.2) is 85.1 Å². The molecule has 0 atom stereocenters. The van der Waals surface area contributed by atoms with Gasteiger partial charge in [-0.05, 0) is 89.7 Å². The minimum absolute atomic E-state index is 0.0451. The van der Waals surface area contributed by atoms with Gasteiger partial charge in [0.25, 0.3) is 5.91 Å². The number of benzene rings is 4. The number of carboxylic acid groups (broad SMARTS) is 1. The molecule has 218 valence electrons. The van der Waals surface area contributed by atoms with Gasteiger partial charge in [0, 0.05) is 10.4 Å². The van der Waals surface area contributed by atoms with E-state index in [2.05, 4.69) is 10.4 Å². The summed E-state index contributed by atoms with van der Waals surface area (Å²) in [6.07, 6.45) is -2.05. The molecule has 43 heavy (non-hydrogen) atoms. The summed E-state index contributed by atoms with van der Waals surface area (Å²) >= 11 is 6.16. The third-order valence-corrected chi connectivity index (χ3v) is 7.78. The number of hydrogen-bond acceptors (Lipinski definition) is 3. The SMILES string of the molecule is O=C(O)c1ccc(C2(NC(=O)c3cc(-c4cc(F)cc(C(F)(F)F)c4)cc4cnn(Cc5cccc(Cl)c5)c34)CC2)cc1. The maximum absolute atomic E-state index is 14.3. The lowest BCUT2D eigenvalue weighted by Crippen LogP contribution is -2.35. The van der Waals surface area contributed by atoms with E-state index < -0.39 is 35.0 Å². The average molecular weight is 608 g/mol. The minimum atomic E-state index is -4.77. The Hall–Kier alpha value is -4.70. The number of halogens is 5. The molecule has 1 fully saturated rings. The molecule has 1 aromatic heterocycles. The molecule has 1 heterocycles. The largest absolute Gasteiger partial charge is 0.478 e. The summed E-state index contributed by atoms with van der Waals surface area (Å²) in [4.78, 5) is 25.3. The number of aromatic nitrogens is 2. The number of alkyl halides is 3. The number of carboxylic acids is 1. The van der Waals surface area contributed by atoms with Crippen LogP contribution in [-0.2, 0) is 18.3 Å². The highest BCUT2D eigenvalue weighted by Gasteiger charge is 2.46. The summed E-state index contributed by atoms with van der Waals surface area (Å²) < 4.78 is 56.5. The fourth-order valence-electron chi connectivity index (χ4n) is 5.25. The molecule has 1 amide bonds. The Balaban J connectivity index is 1.45. The van der Waals surface area contributed by atoms with Gasteiger partial charge in [-0.3, -0.25) is 9.48 Å². The van der Waals surface area contributed by atoms with Crippen LogP contribution in [0.25, 0.3) is 22.0 Å². The molecule has 0 unspecified atom stereocenters. The van der Waals surface area contributed by atoms with Crippen molar-refractivity contribution in [3.8, 4) is 11.1 Å². The topological polar surface area (TPSA) is 84.2 Å². The van der Waals surface area contributed by atoms with Gasteiger partial charge >= 0.3 is 12.1 Å². The minimum Gasteiger partial charge on any atom is -0.478 e. The van der Waals surface area contributed by atoms with Crippen molar-refractivity contribution in [1.29, 1.82) is 0 Å². The van der Waals surface area contributed by atoms with Crippen LogP contribution in [0.5, 0.6) is 0 Å². The predicted molar refractivity (Wildman–Crippen MR) is 152 cm³/mol. The summed E-state index contributed by atoms with van der Waals surface area (Å²) in [5.41, 5.74) is 0.499. The van der Waals surface area contributed by atoms with Gasteiger partial charge in [-0.2, -0.15) is 18.3 Å². The van der Waals surface area contributed by atoms with E-state index in [0.717, 1.165) is 23.3 Å². The van der Waals surface area contributed by atoms with E-state index in [0.29, 0.717) is 34.8 Å². The molecule has 0 radical (unpaired) electrons. The molecule has 1 aliphatic rings. The summed E-state index contributed by atoms with van der Waals surface area (Å²) in [6.45, 7) is 0.254. The highest BCUT2D eigenvalue weighted by molar-refractivity contribution is 6.30. The van der Waals surface area contributed by atoms with Crippen LogP contribution in [0.4, 0.5) is 17.6 Å². The van der Waals surface area contributed by atoms with E-state index in [9.17, 15) is 32.3 Å². The van der Waals surface area contributed by atoms with Crippen LogP contribution in [0.2, 0.25) is 5.02 Å². The molecule has 0 aliphatic heterocycles. The number of aromatic carboxylic acids is 1. The first-order valence-electron chi connectivity index (χ1n) is 13.2. The first-order chi connectivity index (χ1) is 20.4. The standard InChI is InChI=1S/C32H22ClF4N3O3/c33-25-3-1-2-18(10-25)17-40-28-22(16-38-40)11-20(21-12-24(32(35,36)37)15-26(34)13-21)14-27(28)29(41)39-31(8-9-31)23-6-4-19(5-7-23)30(42)43/h1-7,10-16H,8-9,17H2,(H,39,41)(H,42,43). The zero-order valence-electron chi connectivity index (χ0n) is 22.3. The highest BCUT2D eigenvalue weighted by atomic mass is 35.5. The number of rotatable bonds is 7. The van der Waals surface area contributed by atoms with E-state index in [1.165, 1.54) is 24.4 Å². The van der Waals surface area contributed by atoms with E-state index in [1.807, 2.05) is 6.07 Å². The van der Waals surface area contributed by atoms with Crippen molar-refractivity contribution in [3.05, 3.63) is 124 Å². The van der Waals surface area contributed by atoms with Gasteiger partial charge < -0.3 is 10.4 Å². The zero-order chi connectivity index (χ0) is 30.5. The summed E-state index contributed by atoms with van der Waals surface area (Å²) in [7, 11) is 0. The molecule has 6 rings (SSSR count). The maximum atomic E-state index is 14.3. The van der Waals surface area contributed by atoms with Crippen molar-refractivity contribution in [2.45, 2.75) is 31.1 Å². The first-order valence-corrected chi connectivity index (χ1v) is 13.6. The molecule has 1 saturated carbocycles. The van der Waals surface area contributed by atoms with Gasteiger partial charge in [-0.1, -0.05) is 35.9 Å². The first kappa shape index (κ1) is 28.4. The maximum Gasteiger partial charge on any atom is 0.416 e. The smallest absolute Gasteiger partial charge is 0.416 e. The van der Waals surface area contributed by atoms with E-state index in [1.54, 1.807) is 41.1 Å². The number of nitrogens with zero attached hydrogens (tertiary/aromatic N) is 2. The third kappa shape index (κ3) is 5.70. The Bertz CT molecular complexity index is 1900. The number of carbonyl (C=O) groups excluding carboxylic acids is 1. The molecule has 11 heteroatoms. The Morgan fingerprint density at radius 3 is 2.35 bits per heavy atom. The average Bonchev–Trinajstić information content (AvgIpc) is 3.63. The van der Waals surface area contributed by atoms with Crippen molar-refractivity contribution < 1.29 is 32.3 Å². The normalized spacial score (nSPS) is 14.1. The molecule has 0 bridgehead atoms. The summed E-state index contributed by atoms with van der Waals surface area (Å²) in [6, 6.07) is 18.6. The fraction of sp³-hybridized carbons (Fsp3) is 0.156. The second-order valence-electron chi connectivity index (χ2n) is 10.5. The number of carbonyl (C=O) groups is 2. The van der Waals surface area contributed by atoms with Gasteiger partial charge in [0.2, 0.25) is 0 Å². The number of fused-ring (bicyclic) bond motifs is 1. The molecule has 0 spiro atoms. The fourth-order valence-corrected chi connectivity index (χ4v) is 5.46. The highest BCUT2D eigenvalue weighted by Crippen LogP contribution is 2.46. The van der Waals surface area contributed by atoms with Crippen molar-refractivity contribution in [2.24, 2.45) is 0 Å². The molecular weight excluding hydrogens is 586 g/mol. The van der Waals surface area contributed by atoms with Crippen LogP contribution in [0.1, 0.15) is 50.2 Å². The Morgan fingerprint density at radius 2 is 1.70 bits per heavy atom. The Kier molecular flexibility index (Phi) is 6.96. The molecule has 2 N–H and O–H groups in total. The molecule has 0 saturated heterocycles. The summed E-state index contributed by atoms with van der Waals surface area (Å²) in [5.74, 6) is -2.64. The lowest BCUT2D eigenvalue weighted by atomic mass is 9.97. The molecule has 6 nitrogen and oxygen atoms in total. The second kappa shape index (κ2) is 10.5. The van der Waals surface area contributed by atoms with Crippen molar-refractivity contribution in [1.82, 2.24) is 15.1 Å². The lowest BCUT2D eigenvalue weighted by molar-refractivity contribution is -0.137. The van der Waals surface area contributed by atoms with Crippen LogP contribution < -0.4 is 5.32 Å². The number of hydrogen-bond donors (Lipinski definition) is 2. The third-order valence-electron chi connectivity index (χ3n) is 7.55. The second-order valence-corrected chi connectivity index (χ2v) is 11.0. The monoisotopic (exact) mass is 607 g/mol. The van der Waals surface area contributed by atoms with E-state index in [-0.39, 0.29) is 28.8 Å². The van der Waals surface area contributed by atoms with E-state index in [4.69, 9.17) is 11.6 Å². The van der Waals surface area contributed by atoms with Gasteiger partial charge in [0.1, 0.15) is 5.82 Å². The van der Waals surface area contributed by atoms with Crippen LogP contribution in [0, 0.1) is 5.82 Å². The van der Waals surface area contributed by atoms with Gasteiger partial charge in [0.15, 0.2) is 0 Å². The zero-order valence-corrected chi connectivity index (χ0v) is 23.0. The lowest BCUT2D eigenvalue weighted by Gasteiger charge is -2.20. The Morgan fingerprint density at radius 1 is 0.977 bits per heavy atom. The van der Waals surface area contributed by atoms with Gasteiger partial charge in [-0.25, -0.2) is 9.18 Å². The molecular formula is C32H22ClF4N3O3. The van der Waals surface area contributed by atoms with Crippen LogP contribution in [0.3, 0.4) is 0 Å². The quantitative estimate of drug-likeness (QED) is 0.186. The van der Waals surface area contributed by atoms with Crippen molar-refractivity contribution in [3.63, 3.8) is 0 Å². The Labute approximate surface area is 247 Å². The predicted octanol–water partition coefficient (Wildman–Crippen LogP) is 7.68.